The summed E-state index contributed by atoms with van der Waals surface area (Å²) in [6.07, 6.45) is -0.0695. The average Bonchev–Trinajstić information content (AvgIpc) is 3.43. The number of carbonyl (C=O) groups is 2. The summed E-state index contributed by atoms with van der Waals surface area (Å²) in [4.78, 5) is 26.8. The van der Waals surface area contributed by atoms with Crippen LogP contribution in [-0.4, -0.2) is 59.2 Å². The van der Waals surface area contributed by atoms with Gasteiger partial charge in [-0.15, -0.1) is 0 Å². The SMILES string of the molecule is COc1ccc(C(=O)C(Cc2cc(OC)c(OC)c(OC)c2)=C(C(=O)O)c2ccc3c(c2)OCO3)cc1OC. The Bertz CT molecular complexity index is 1410. The Morgan fingerprint density at radius 2 is 1.33 bits per heavy atom. The summed E-state index contributed by atoms with van der Waals surface area (Å²) in [6.45, 7) is 0.0216. The van der Waals surface area contributed by atoms with Gasteiger partial charge >= 0.3 is 5.97 Å². The van der Waals surface area contributed by atoms with Crippen LogP contribution in [0, 0.1) is 0 Å². The summed E-state index contributed by atoms with van der Waals surface area (Å²) in [7, 11) is 7.36. The summed E-state index contributed by atoms with van der Waals surface area (Å²) < 4.78 is 37.8. The lowest BCUT2D eigenvalue weighted by Crippen LogP contribution is -2.14. The number of allylic oxidation sites excluding steroid dienone is 1. The summed E-state index contributed by atoms with van der Waals surface area (Å²) >= 11 is 0. The molecular weight excluding hydrogens is 508 g/mol. The molecule has 0 radical (unpaired) electrons. The van der Waals surface area contributed by atoms with Gasteiger partial charge in [0.25, 0.3) is 0 Å². The molecule has 0 aliphatic carbocycles. The van der Waals surface area contributed by atoms with Gasteiger partial charge in [-0.25, -0.2) is 4.79 Å². The molecule has 0 fully saturated rings. The van der Waals surface area contributed by atoms with Gasteiger partial charge in [0.1, 0.15) is 0 Å². The van der Waals surface area contributed by atoms with Crippen LogP contribution in [-0.2, 0) is 11.2 Å². The van der Waals surface area contributed by atoms with E-state index in [9.17, 15) is 14.7 Å². The first-order valence-corrected chi connectivity index (χ1v) is 11.8. The number of carbonyl (C=O) groups excluding carboxylic acids is 1. The van der Waals surface area contributed by atoms with Crippen LogP contribution < -0.4 is 33.2 Å². The predicted molar refractivity (Wildman–Crippen MR) is 141 cm³/mol. The second kappa shape index (κ2) is 11.7. The molecule has 0 spiro atoms. The molecule has 10 nitrogen and oxygen atoms in total. The number of benzene rings is 3. The highest BCUT2D eigenvalue weighted by molar-refractivity contribution is 6.26. The number of ether oxygens (including phenoxy) is 7. The van der Waals surface area contributed by atoms with Crippen molar-refractivity contribution in [3.63, 3.8) is 0 Å². The van der Waals surface area contributed by atoms with Gasteiger partial charge in [0.05, 0.1) is 41.1 Å². The van der Waals surface area contributed by atoms with Gasteiger partial charge < -0.3 is 38.3 Å². The van der Waals surface area contributed by atoms with Crippen molar-refractivity contribution in [2.24, 2.45) is 0 Å². The standard InChI is InChI=1S/C29H28O10/c1-33-20-8-7-18(14-22(20)34-2)27(30)19(10-16-11-24(35-3)28(37-5)25(12-16)36-4)26(29(31)32)17-6-9-21-23(13-17)39-15-38-21/h6-9,11-14H,10,15H2,1-5H3,(H,31,32). The van der Waals surface area contributed by atoms with Crippen molar-refractivity contribution in [2.45, 2.75) is 6.42 Å². The third-order valence-electron chi connectivity index (χ3n) is 6.20. The molecule has 0 unspecified atom stereocenters. The Balaban J connectivity index is 1.93. The molecule has 1 aliphatic heterocycles. The van der Waals surface area contributed by atoms with E-state index in [1.165, 1.54) is 41.6 Å². The van der Waals surface area contributed by atoms with Crippen molar-refractivity contribution in [2.75, 3.05) is 42.3 Å². The van der Waals surface area contributed by atoms with Crippen LogP contribution in [0.3, 0.4) is 0 Å². The molecule has 0 bridgehead atoms. The number of fused-ring (bicyclic) bond motifs is 1. The van der Waals surface area contributed by atoms with Crippen molar-refractivity contribution in [3.05, 3.63) is 70.8 Å². The second-order valence-electron chi connectivity index (χ2n) is 8.34. The molecule has 3 aromatic rings. The third kappa shape index (κ3) is 5.40. The van der Waals surface area contributed by atoms with Crippen LogP contribution in [0.4, 0.5) is 0 Å². The number of methoxy groups -OCH3 is 5. The van der Waals surface area contributed by atoms with E-state index in [4.69, 9.17) is 33.2 Å². The van der Waals surface area contributed by atoms with Gasteiger partial charge in [-0.2, -0.15) is 0 Å². The smallest absolute Gasteiger partial charge is 0.336 e. The van der Waals surface area contributed by atoms with Gasteiger partial charge in [-0.3, -0.25) is 4.79 Å². The van der Waals surface area contributed by atoms with Crippen molar-refractivity contribution in [1.29, 1.82) is 0 Å². The maximum absolute atomic E-state index is 14.0. The number of ketones is 1. The molecule has 0 saturated heterocycles. The van der Waals surface area contributed by atoms with Gasteiger partial charge in [0, 0.05) is 17.6 Å². The summed E-state index contributed by atoms with van der Waals surface area (Å²) in [5.74, 6) is 0.931. The van der Waals surface area contributed by atoms with Crippen molar-refractivity contribution in [3.8, 4) is 40.2 Å². The largest absolute Gasteiger partial charge is 0.493 e. The zero-order chi connectivity index (χ0) is 28.1. The van der Waals surface area contributed by atoms with E-state index >= 15 is 0 Å². The minimum atomic E-state index is -1.29. The van der Waals surface area contributed by atoms with E-state index in [2.05, 4.69) is 0 Å². The van der Waals surface area contributed by atoms with Crippen LogP contribution in [0.1, 0.15) is 21.5 Å². The monoisotopic (exact) mass is 536 g/mol. The van der Waals surface area contributed by atoms with Crippen LogP contribution >= 0.6 is 0 Å². The molecule has 1 heterocycles. The van der Waals surface area contributed by atoms with E-state index in [0.717, 1.165) is 0 Å². The Morgan fingerprint density at radius 1 is 0.718 bits per heavy atom. The molecule has 0 amide bonds. The Morgan fingerprint density at radius 3 is 1.92 bits per heavy atom. The first-order chi connectivity index (χ1) is 18.8. The number of hydrogen-bond acceptors (Lipinski definition) is 9. The number of rotatable bonds is 11. The highest BCUT2D eigenvalue weighted by Gasteiger charge is 2.27. The van der Waals surface area contributed by atoms with Gasteiger partial charge in [0.2, 0.25) is 12.5 Å². The Labute approximate surface area is 225 Å². The molecule has 1 N–H and O–H groups in total. The molecule has 0 atom stereocenters. The fourth-order valence-electron chi connectivity index (χ4n) is 4.35. The molecule has 1 aliphatic rings. The van der Waals surface area contributed by atoms with E-state index in [-0.39, 0.29) is 35.5 Å². The molecule has 0 aromatic heterocycles. The maximum Gasteiger partial charge on any atom is 0.336 e. The average molecular weight is 537 g/mol. The van der Waals surface area contributed by atoms with Gasteiger partial charge in [0.15, 0.2) is 40.3 Å². The summed E-state index contributed by atoms with van der Waals surface area (Å²) in [5, 5.41) is 10.4. The first-order valence-electron chi connectivity index (χ1n) is 11.8. The zero-order valence-electron chi connectivity index (χ0n) is 22.2. The maximum atomic E-state index is 14.0. The number of carboxylic acid groups (broad SMARTS) is 1. The summed E-state index contributed by atoms with van der Waals surface area (Å²) in [6, 6.07) is 12.7. The number of aliphatic carboxylic acids is 1. The predicted octanol–water partition coefficient (Wildman–Crippen LogP) is 4.42. The lowest BCUT2D eigenvalue weighted by molar-refractivity contribution is -0.130. The number of hydrogen-bond donors (Lipinski definition) is 1. The molecule has 39 heavy (non-hydrogen) atoms. The zero-order valence-corrected chi connectivity index (χ0v) is 22.2. The van der Waals surface area contributed by atoms with E-state index < -0.39 is 11.8 Å². The lowest BCUT2D eigenvalue weighted by atomic mass is 9.89. The summed E-state index contributed by atoms with van der Waals surface area (Å²) in [5.41, 5.74) is 0.884. The van der Waals surface area contributed by atoms with Crippen LogP contribution in [0.25, 0.3) is 5.57 Å². The van der Waals surface area contributed by atoms with E-state index in [0.29, 0.717) is 45.8 Å². The van der Waals surface area contributed by atoms with E-state index in [1.54, 1.807) is 42.5 Å². The fraction of sp³-hybridized carbons (Fsp3) is 0.241. The number of Topliss-reactive ketones (excluding diaryl/α,β-unsaturated/α-hetero) is 1. The van der Waals surface area contributed by atoms with Gasteiger partial charge in [-0.1, -0.05) is 6.07 Å². The minimum Gasteiger partial charge on any atom is -0.493 e. The van der Waals surface area contributed by atoms with Crippen molar-refractivity contribution in [1.82, 2.24) is 0 Å². The van der Waals surface area contributed by atoms with Crippen LogP contribution in [0.5, 0.6) is 40.2 Å². The topological polar surface area (TPSA) is 119 Å². The minimum absolute atomic E-state index is 0.0165. The van der Waals surface area contributed by atoms with E-state index in [1.807, 2.05) is 0 Å². The third-order valence-corrected chi connectivity index (χ3v) is 6.20. The van der Waals surface area contributed by atoms with Crippen molar-refractivity contribution >= 4 is 17.3 Å². The van der Waals surface area contributed by atoms with Crippen LogP contribution in [0.2, 0.25) is 0 Å². The highest BCUT2D eigenvalue weighted by atomic mass is 16.7. The molecule has 10 heteroatoms. The highest BCUT2D eigenvalue weighted by Crippen LogP contribution is 2.40. The molecule has 3 aromatic carbocycles. The molecular formula is C29H28O10. The van der Waals surface area contributed by atoms with Gasteiger partial charge in [-0.05, 0) is 53.6 Å². The normalized spacial score (nSPS) is 12.3. The first kappa shape index (κ1) is 27.2. The number of carboxylic acids is 1. The molecule has 4 rings (SSSR count). The molecule has 204 valence electrons. The van der Waals surface area contributed by atoms with Crippen LogP contribution in [0.15, 0.2) is 54.1 Å². The Kier molecular flexibility index (Phi) is 8.14. The fourth-order valence-corrected chi connectivity index (χ4v) is 4.35. The Hall–Kier alpha value is -4.86. The quantitative estimate of drug-likeness (QED) is 0.279. The lowest BCUT2D eigenvalue weighted by Gasteiger charge is -2.17. The molecule has 0 saturated carbocycles. The van der Waals surface area contributed by atoms with Crippen molar-refractivity contribution < 1.29 is 47.9 Å². The second-order valence-corrected chi connectivity index (χ2v) is 8.34.